The lowest BCUT2D eigenvalue weighted by molar-refractivity contribution is -0.119. The highest BCUT2D eigenvalue weighted by Crippen LogP contribution is 2.13. The van der Waals surface area contributed by atoms with Crippen LogP contribution in [0.4, 0.5) is 0 Å². The van der Waals surface area contributed by atoms with E-state index in [0.29, 0.717) is 19.3 Å². The number of carbonyl (C=O) groups excluding carboxylic acids is 3. The molecule has 0 saturated carbocycles. The van der Waals surface area contributed by atoms with E-state index in [1.807, 2.05) is 0 Å². The molecule has 0 fully saturated rings. The third-order valence-corrected chi connectivity index (χ3v) is 4.22. The standard InChI is InChI=1S/C19H29N3O3/c20-18(24)7-2-1-4-15-8-10-16(11-9-15)5-3-6-17(22-14-23)12-13-19(21)25/h8-11,14,17H,1-7,12-13H2,(H2,20,24)(H2,21,25)(H,22,23)/t17-/m1/s1. The van der Waals surface area contributed by atoms with Crippen LogP contribution < -0.4 is 16.8 Å². The van der Waals surface area contributed by atoms with E-state index in [2.05, 4.69) is 29.6 Å². The maximum Gasteiger partial charge on any atom is 0.217 e. The first-order valence-electron chi connectivity index (χ1n) is 8.85. The lowest BCUT2D eigenvalue weighted by Gasteiger charge is -2.15. The highest BCUT2D eigenvalue weighted by Gasteiger charge is 2.09. The lowest BCUT2D eigenvalue weighted by Crippen LogP contribution is -2.29. The van der Waals surface area contributed by atoms with Gasteiger partial charge in [0.25, 0.3) is 0 Å². The molecular formula is C19H29N3O3. The number of nitrogens with one attached hydrogen (secondary N) is 1. The zero-order valence-corrected chi connectivity index (χ0v) is 14.7. The van der Waals surface area contributed by atoms with Gasteiger partial charge in [-0.05, 0) is 56.1 Å². The van der Waals surface area contributed by atoms with E-state index in [0.717, 1.165) is 38.5 Å². The fraction of sp³-hybridized carbons (Fsp3) is 0.526. The summed E-state index contributed by atoms with van der Waals surface area (Å²) < 4.78 is 0. The Balaban J connectivity index is 2.30. The van der Waals surface area contributed by atoms with Gasteiger partial charge >= 0.3 is 0 Å². The Morgan fingerprint density at radius 1 is 0.880 bits per heavy atom. The molecule has 0 radical (unpaired) electrons. The predicted molar refractivity (Wildman–Crippen MR) is 97.5 cm³/mol. The number of hydrogen-bond donors (Lipinski definition) is 3. The molecule has 25 heavy (non-hydrogen) atoms. The Hall–Kier alpha value is -2.37. The quantitative estimate of drug-likeness (QED) is 0.350. The number of carbonyl (C=O) groups is 3. The van der Waals surface area contributed by atoms with Gasteiger partial charge in [-0.1, -0.05) is 24.3 Å². The molecular weight excluding hydrogens is 318 g/mol. The third kappa shape index (κ3) is 10.2. The highest BCUT2D eigenvalue weighted by atomic mass is 16.1. The van der Waals surface area contributed by atoms with Crippen molar-refractivity contribution in [3.05, 3.63) is 35.4 Å². The fourth-order valence-corrected chi connectivity index (χ4v) is 2.78. The van der Waals surface area contributed by atoms with E-state index >= 15 is 0 Å². The maximum atomic E-state index is 10.8. The molecule has 5 N–H and O–H groups in total. The second kappa shape index (κ2) is 12.1. The van der Waals surface area contributed by atoms with Crippen molar-refractivity contribution >= 4 is 18.2 Å². The first-order chi connectivity index (χ1) is 12.0. The molecule has 1 rings (SSSR count). The summed E-state index contributed by atoms with van der Waals surface area (Å²) in [6, 6.07) is 8.47. The van der Waals surface area contributed by atoms with Crippen LogP contribution in [0.1, 0.15) is 56.1 Å². The minimum absolute atomic E-state index is 0.00507. The zero-order valence-electron chi connectivity index (χ0n) is 14.7. The van der Waals surface area contributed by atoms with Crippen LogP contribution in [0.15, 0.2) is 24.3 Å². The minimum atomic E-state index is -0.343. The van der Waals surface area contributed by atoms with Gasteiger partial charge in [0.2, 0.25) is 18.2 Å². The Bertz CT molecular complexity index is 543. The van der Waals surface area contributed by atoms with E-state index in [1.54, 1.807) is 0 Å². The normalized spacial score (nSPS) is 11.7. The van der Waals surface area contributed by atoms with E-state index in [-0.39, 0.29) is 24.3 Å². The number of aryl methyl sites for hydroxylation is 2. The number of unbranched alkanes of at least 4 members (excludes halogenated alkanes) is 1. The number of nitrogens with two attached hydrogens (primary N) is 2. The molecule has 0 bridgehead atoms. The van der Waals surface area contributed by atoms with Gasteiger partial charge in [0.1, 0.15) is 0 Å². The van der Waals surface area contributed by atoms with E-state index in [4.69, 9.17) is 11.5 Å². The summed E-state index contributed by atoms with van der Waals surface area (Å²) >= 11 is 0. The van der Waals surface area contributed by atoms with Gasteiger partial charge in [-0.25, -0.2) is 0 Å². The van der Waals surface area contributed by atoms with Crippen LogP contribution in [0.5, 0.6) is 0 Å². The van der Waals surface area contributed by atoms with E-state index < -0.39 is 0 Å². The average Bonchev–Trinajstić information content (AvgIpc) is 2.57. The molecule has 1 atom stereocenters. The molecule has 1 aromatic rings. The van der Waals surface area contributed by atoms with Gasteiger partial charge in [-0.3, -0.25) is 14.4 Å². The summed E-state index contributed by atoms with van der Waals surface area (Å²) in [5, 5.41) is 2.75. The van der Waals surface area contributed by atoms with Crippen LogP contribution in [-0.4, -0.2) is 24.3 Å². The molecule has 0 aromatic heterocycles. The maximum absolute atomic E-state index is 10.8. The summed E-state index contributed by atoms with van der Waals surface area (Å²) in [6.45, 7) is 0. The fourth-order valence-electron chi connectivity index (χ4n) is 2.78. The molecule has 0 unspecified atom stereocenters. The number of hydrogen-bond acceptors (Lipinski definition) is 3. The highest BCUT2D eigenvalue weighted by molar-refractivity contribution is 5.74. The molecule has 138 valence electrons. The van der Waals surface area contributed by atoms with Gasteiger partial charge < -0.3 is 16.8 Å². The monoisotopic (exact) mass is 347 g/mol. The molecule has 1 aromatic carbocycles. The van der Waals surface area contributed by atoms with Crippen molar-refractivity contribution in [1.29, 1.82) is 0 Å². The Morgan fingerprint density at radius 2 is 1.44 bits per heavy atom. The third-order valence-electron chi connectivity index (χ3n) is 4.22. The molecule has 6 heteroatoms. The molecule has 0 heterocycles. The van der Waals surface area contributed by atoms with Gasteiger partial charge in [-0.2, -0.15) is 0 Å². The summed E-state index contributed by atoms with van der Waals surface area (Å²) in [5.41, 5.74) is 12.8. The van der Waals surface area contributed by atoms with Crippen molar-refractivity contribution in [2.75, 3.05) is 0 Å². The predicted octanol–water partition coefficient (Wildman–Crippen LogP) is 1.59. The average molecular weight is 347 g/mol. The second-order valence-electron chi connectivity index (χ2n) is 6.37. The topological polar surface area (TPSA) is 115 Å². The number of amides is 3. The van der Waals surface area contributed by atoms with Crippen LogP contribution in [0, 0.1) is 0 Å². The summed E-state index contributed by atoms with van der Waals surface area (Å²) in [4.78, 5) is 32.2. The van der Waals surface area contributed by atoms with Crippen molar-refractivity contribution < 1.29 is 14.4 Å². The first kappa shape index (κ1) is 20.7. The van der Waals surface area contributed by atoms with Crippen LogP contribution >= 0.6 is 0 Å². The number of primary amides is 2. The number of benzene rings is 1. The Morgan fingerprint density at radius 3 is 1.96 bits per heavy atom. The van der Waals surface area contributed by atoms with Crippen molar-refractivity contribution in [2.24, 2.45) is 11.5 Å². The van der Waals surface area contributed by atoms with Gasteiger partial charge in [0.05, 0.1) is 0 Å². The summed E-state index contributed by atoms with van der Waals surface area (Å²) in [7, 11) is 0. The Labute approximate surface area is 149 Å². The largest absolute Gasteiger partial charge is 0.370 e. The second-order valence-corrected chi connectivity index (χ2v) is 6.37. The smallest absolute Gasteiger partial charge is 0.217 e. The molecule has 6 nitrogen and oxygen atoms in total. The van der Waals surface area contributed by atoms with Crippen LogP contribution in [0.25, 0.3) is 0 Å². The SMILES string of the molecule is NC(=O)CCCCc1ccc(CCC[C@H](CCC(N)=O)NC=O)cc1. The number of rotatable bonds is 14. The zero-order chi connectivity index (χ0) is 18.5. The van der Waals surface area contributed by atoms with Gasteiger partial charge in [0, 0.05) is 18.9 Å². The van der Waals surface area contributed by atoms with E-state index in [1.165, 1.54) is 11.1 Å². The summed E-state index contributed by atoms with van der Waals surface area (Å²) in [5.74, 6) is -0.585. The van der Waals surface area contributed by atoms with Crippen LogP contribution in [0.3, 0.4) is 0 Å². The summed E-state index contributed by atoms with van der Waals surface area (Å²) in [6.07, 6.45) is 7.41. The van der Waals surface area contributed by atoms with Gasteiger partial charge in [0.15, 0.2) is 0 Å². The van der Waals surface area contributed by atoms with Crippen molar-refractivity contribution in [3.8, 4) is 0 Å². The molecule has 0 saturated heterocycles. The minimum Gasteiger partial charge on any atom is -0.370 e. The lowest BCUT2D eigenvalue weighted by atomic mass is 9.99. The molecule has 3 amide bonds. The molecule has 0 aliphatic carbocycles. The van der Waals surface area contributed by atoms with Crippen molar-refractivity contribution in [3.63, 3.8) is 0 Å². The molecule has 0 spiro atoms. The van der Waals surface area contributed by atoms with Crippen molar-refractivity contribution in [1.82, 2.24) is 5.32 Å². The molecule has 0 aliphatic rings. The Kier molecular flexibility index (Phi) is 9.97. The van der Waals surface area contributed by atoms with Gasteiger partial charge in [-0.15, -0.1) is 0 Å². The molecule has 0 aliphatic heterocycles. The van der Waals surface area contributed by atoms with Crippen LogP contribution in [-0.2, 0) is 27.2 Å². The van der Waals surface area contributed by atoms with Crippen molar-refractivity contribution in [2.45, 2.75) is 63.8 Å². The van der Waals surface area contributed by atoms with E-state index in [9.17, 15) is 14.4 Å². The first-order valence-corrected chi connectivity index (χ1v) is 8.85. The van der Waals surface area contributed by atoms with Crippen LogP contribution in [0.2, 0.25) is 0 Å².